The fourth-order valence-corrected chi connectivity index (χ4v) is 1.77. The van der Waals surface area contributed by atoms with Gasteiger partial charge < -0.3 is 20.8 Å². The summed E-state index contributed by atoms with van der Waals surface area (Å²) in [5.41, 5.74) is 12.5. The zero-order valence-electron chi connectivity index (χ0n) is 11.8. The van der Waals surface area contributed by atoms with E-state index < -0.39 is 7.12 Å². The molecule has 0 aromatic carbocycles. The lowest BCUT2D eigenvalue weighted by Gasteiger charge is -2.32. The van der Waals surface area contributed by atoms with E-state index in [4.69, 9.17) is 20.8 Å². The highest BCUT2D eigenvalue weighted by molar-refractivity contribution is 6.52. The summed E-state index contributed by atoms with van der Waals surface area (Å²) in [6, 6.07) is 1.67. The van der Waals surface area contributed by atoms with Crippen LogP contribution in [0.1, 0.15) is 33.4 Å². The Labute approximate surface area is 114 Å². The van der Waals surface area contributed by atoms with E-state index in [9.17, 15) is 0 Å². The van der Waals surface area contributed by atoms with Crippen molar-refractivity contribution in [3.8, 4) is 0 Å². The Morgan fingerprint density at radius 2 is 1.74 bits per heavy atom. The SMILES string of the molecule is CC1(C)OB(/C=C/c2nccc(N)c2N)OC1(C)C. The molecule has 6 heteroatoms. The Hall–Kier alpha value is -1.53. The number of rotatable bonds is 2. The summed E-state index contributed by atoms with van der Waals surface area (Å²) < 4.78 is 11.7. The van der Waals surface area contributed by atoms with Crippen LogP contribution in [0.15, 0.2) is 18.2 Å². The van der Waals surface area contributed by atoms with Crippen molar-refractivity contribution in [2.45, 2.75) is 38.9 Å². The fourth-order valence-electron chi connectivity index (χ4n) is 1.77. The van der Waals surface area contributed by atoms with Crippen molar-refractivity contribution in [1.82, 2.24) is 4.98 Å². The van der Waals surface area contributed by atoms with Gasteiger partial charge in [-0.15, -0.1) is 0 Å². The van der Waals surface area contributed by atoms with Gasteiger partial charge in [-0.1, -0.05) is 5.98 Å². The molecule has 0 atom stereocenters. The van der Waals surface area contributed by atoms with E-state index in [0.29, 0.717) is 17.1 Å². The van der Waals surface area contributed by atoms with Crippen LogP contribution >= 0.6 is 0 Å². The van der Waals surface area contributed by atoms with Crippen molar-refractivity contribution in [2.24, 2.45) is 0 Å². The second-order valence-corrected chi connectivity index (χ2v) is 5.68. The van der Waals surface area contributed by atoms with Gasteiger partial charge in [0.1, 0.15) is 0 Å². The van der Waals surface area contributed by atoms with E-state index >= 15 is 0 Å². The van der Waals surface area contributed by atoms with Crippen LogP contribution in [0.3, 0.4) is 0 Å². The first kappa shape index (κ1) is 13.9. The molecule has 0 amide bonds. The Morgan fingerprint density at radius 1 is 1.16 bits per heavy atom. The predicted molar refractivity (Wildman–Crippen MR) is 78.2 cm³/mol. The number of nitrogens with zero attached hydrogens (tertiary/aromatic N) is 1. The molecule has 2 rings (SSSR count). The molecule has 0 aliphatic carbocycles. The number of nitrogens with two attached hydrogens (primary N) is 2. The monoisotopic (exact) mass is 261 g/mol. The zero-order valence-corrected chi connectivity index (χ0v) is 11.8. The molecule has 0 spiro atoms. The van der Waals surface area contributed by atoms with Gasteiger partial charge in [-0.2, -0.15) is 0 Å². The molecular weight excluding hydrogens is 241 g/mol. The maximum Gasteiger partial charge on any atom is 0.487 e. The van der Waals surface area contributed by atoms with Crippen molar-refractivity contribution in [1.29, 1.82) is 0 Å². The molecule has 1 aliphatic heterocycles. The predicted octanol–water partition coefficient (Wildman–Crippen LogP) is 1.89. The van der Waals surface area contributed by atoms with E-state index in [1.807, 2.05) is 27.7 Å². The average molecular weight is 261 g/mol. The lowest BCUT2D eigenvalue weighted by atomic mass is 9.89. The molecule has 1 aromatic rings. The highest BCUT2D eigenvalue weighted by Gasteiger charge is 2.50. The first-order valence-electron chi connectivity index (χ1n) is 6.27. The minimum absolute atomic E-state index is 0.351. The first-order chi connectivity index (χ1) is 8.73. The standard InChI is InChI=1S/C13H20BN3O2/c1-12(2)13(3,4)19-14(18-12)7-5-10-11(16)9(15)6-8-17-10/h5-8H,16H2,1-4H3,(H2,15,17)/b7-5+. The quantitative estimate of drug-likeness (QED) is 0.794. The van der Waals surface area contributed by atoms with E-state index in [0.717, 1.165) is 0 Å². The summed E-state index contributed by atoms with van der Waals surface area (Å²) in [5, 5.41) is 0. The molecule has 102 valence electrons. The highest BCUT2D eigenvalue weighted by Crippen LogP contribution is 2.37. The molecule has 0 radical (unpaired) electrons. The van der Waals surface area contributed by atoms with Gasteiger partial charge in [0.15, 0.2) is 0 Å². The zero-order chi connectivity index (χ0) is 14.3. The summed E-state index contributed by atoms with van der Waals surface area (Å²) in [6.07, 6.45) is 3.39. The molecule has 2 heterocycles. The van der Waals surface area contributed by atoms with Crippen molar-refractivity contribution in [2.75, 3.05) is 11.5 Å². The third kappa shape index (κ3) is 2.59. The van der Waals surface area contributed by atoms with Crippen LogP contribution in [-0.2, 0) is 9.31 Å². The molecule has 1 aliphatic rings. The van der Waals surface area contributed by atoms with Gasteiger partial charge in [0.05, 0.1) is 28.3 Å². The first-order valence-corrected chi connectivity index (χ1v) is 6.27. The summed E-state index contributed by atoms with van der Waals surface area (Å²) in [6.45, 7) is 8.03. The van der Waals surface area contributed by atoms with Crippen LogP contribution in [0.5, 0.6) is 0 Å². The van der Waals surface area contributed by atoms with Gasteiger partial charge in [0, 0.05) is 6.20 Å². The van der Waals surface area contributed by atoms with E-state index in [2.05, 4.69) is 4.98 Å². The molecule has 0 saturated carbocycles. The van der Waals surface area contributed by atoms with Crippen molar-refractivity contribution in [3.63, 3.8) is 0 Å². The van der Waals surface area contributed by atoms with E-state index in [1.165, 1.54) is 0 Å². The topological polar surface area (TPSA) is 83.4 Å². The Kier molecular flexibility index (Phi) is 3.32. The lowest BCUT2D eigenvalue weighted by molar-refractivity contribution is 0.00578. The largest absolute Gasteiger partial charge is 0.487 e. The van der Waals surface area contributed by atoms with Gasteiger partial charge >= 0.3 is 7.12 Å². The van der Waals surface area contributed by atoms with Gasteiger partial charge in [0.25, 0.3) is 0 Å². The number of hydrogen-bond donors (Lipinski definition) is 2. The minimum atomic E-state index is -0.410. The molecule has 1 saturated heterocycles. The normalized spacial score (nSPS) is 21.2. The minimum Gasteiger partial charge on any atom is -0.400 e. The van der Waals surface area contributed by atoms with E-state index in [-0.39, 0.29) is 11.2 Å². The van der Waals surface area contributed by atoms with Gasteiger partial charge in [-0.3, -0.25) is 4.98 Å². The van der Waals surface area contributed by atoms with Crippen molar-refractivity contribution >= 4 is 24.6 Å². The summed E-state index contributed by atoms with van der Waals surface area (Å²) in [4.78, 5) is 4.17. The number of aromatic nitrogens is 1. The molecule has 4 N–H and O–H groups in total. The molecule has 5 nitrogen and oxygen atoms in total. The van der Waals surface area contributed by atoms with Crippen LogP contribution < -0.4 is 11.5 Å². The molecule has 19 heavy (non-hydrogen) atoms. The second kappa shape index (κ2) is 4.54. The smallest absolute Gasteiger partial charge is 0.400 e. The molecule has 1 aromatic heterocycles. The number of pyridine rings is 1. The summed E-state index contributed by atoms with van der Waals surface area (Å²) in [5.74, 6) is 1.80. The van der Waals surface area contributed by atoms with Crippen LogP contribution in [0.25, 0.3) is 6.08 Å². The van der Waals surface area contributed by atoms with Crippen molar-refractivity contribution < 1.29 is 9.31 Å². The Bertz CT molecular complexity index is 499. The van der Waals surface area contributed by atoms with Crippen LogP contribution in [-0.4, -0.2) is 23.3 Å². The van der Waals surface area contributed by atoms with Crippen molar-refractivity contribution in [3.05, 3.63) is 23.9 Å². The average Bonchev–Trinajstić information content (AvgIpc) is 2.50. The molecule has 0 bridgehead atoms. The Balaban J connectivity index is 2.15. The molecule has 1 fully saturated rings. The molecular formula is C13H20BN3O2. The number of anilines is 2. The maximum absolute atomic E-state index is 5.85. The molecule has 0 unspecified atom stereocenters. The number of nitrogen functional groups attached to an aromatic ring is 2. The number of hydrogen-bond acceptors (Lipinski definition) is 5. The third-order valence-corrected chi connectivity index (χ3v) is 3.74. The third-order valence-electron chi connectivity index (χ3n) is 3.74. The Morgan fingerprint density at radius 3 is 2.32 bits per heavy atom. The highest BCUT2D eigenvalue weighted by atomic mass is 16.7. The summed E-state index contributed by atoms with van der Waals surface area (Å²) >= 11 is 0. The van der Waals surface area contributed by atoms with Gasteiger partial charge in [-0.25, -0.2) is 0 Å². The maximum atomic E-state index is 5.85. The fraction of sp³-hybridized carbons (Fsp3) is 0.462. The second-order valence-electron chi connectivity index (χ2n) is 5.68. The van der Waals surface area contributed by atoms with Crippen LogP contribution in [0.2, 0.25) is 0 Å². The van der Waals surface area contributed by atoms with Gasteiger partial charge in [-0.05, 0) is 39.8 Å². The lowest BCUT2D eigenvalue weighted by Crippen LogP contribution is -2.41. The van der Waals surface area contributed by atoms with Crippen LogP contribution in [0.4, 0.5) is 11.4 Å². The van der Waals surface area contributed by atoms with E-state index in [1.54, 1.807) is 24.3 Å². The van der Waals surface area contributed by atoms with Crippen LogP contribution in [0, 0.1) is 0 Å². The van der Waals surface area contributed by atoms with Gasteiger partial charge in [0.2, 0.25) is 0 Å². The summed E-state index contributed by atoms with van der Waals surface area (Å²) in [7, 11) is -0.410.